The van der Waals surface area contributed by atoms with E-state index in [9.17, 15) is 4.79 Å². The van der Waals surface area contributed by atoms with Gasteiger partial charge in [-0.3, -0.25) is 9.69 Å². The summed E-state index contributed by atoms with van der Waals surface area (Å²) in [7, 11) is 5.35. The van der Waals surface area contributed by atoms with Crippen molar-refractivity contribution in [3.8, 4) is 5.75 Å². The molecule has 0 aliphatic carbocycles. The first-order valence-electron chi connectivity index (χ1n) is 7.99. The molecule has 1 saturated heterocycles. The van der Waals surface area contributed by atoms with Gasteiger partial charge in [0.1, 0.15) is 5.75 Å². The van der Waals surface area contributed by atoms with Crippen molar-refractivity contribution in [3.63, 3.8) is 0 Å². The Labute approximate surface area is 138 Å². The van der Waals surface area contributed by atoms with E-state index in [4.69, 9.17) is 9.47 Å². The van der Waals surface area contributed by atoms with Crippen LogP contribution in [0.4, 0.5) is 5.69 Å². The summed E-state index contributed by atoms with van der Waals surface area (Å²) in [4.78, 5) is 16.7. The number of hydrogen-bond acceptors (Lipinski definition) is 5. The smallest absolute Gasteiger partial charge is 0.226 e. The van der Waals surface area contributed by atoms with E-state index in [0.29, 0.717) is 18.8 Å². The summed E-state index contributed by atoms with van der Waals surface area (Å²) in [6.07, 6.45) is 0.336. The van der Waals surface area contributed by atoms with Crippen LogP contribution in [0.1, 0.15) is 12.0 Å². The van der Waals surface area contributed by atoms with Crippen LogP contribution >= 0.6 is 0 Å². The van der Waals surface area contributed by atoms with E-state index < -0.39 is 0 Å². The number of methoxy groups -OCH3 is 2. The molecule has 128 valence electrons. The van der Waals surface area contributed by atoms with Crippen LogP contribution in [0.15, 0.2) is 18.2 Å². The molecule has 23 heavy (non-hydrogen) atoms. The number of likely N-dealkylation sites (N-methyl/N-ethyl adjacent to an activating group) is 1. The van der Waals surface area contributed by atoms with Gasteiger partial charge in [-0.2, -0.15) is 0 Å². The molecule has 0 saturated carbocycles. The monoisotopic (exact) mass is 321 g/mol. The molecular weight excluding hydrogens is 294 g/mol. The number of hydrogen-bond donors (Lipinski definition) is 1. The van der Waals surface area contributed by atoms with Crippen LogP contribution in [0.3, 0.4) is 0 Å². The van der Waals surface area contributed by atoms with Crippen LogP contribution in [0.5, 0.6) is 5.75 Å². The lowest BCUT2D eigenvalue weighted by Gasteiger charge is -2.32. The number of ether oxygens (including phenoxy) is 2. The highest BCUT2D eigenvalue weighted by Crippen LogP contribution is 2.26. The molecule has 1 aliphatic rings. The average Bonchev–Trinajstić information content (AvgIpc) is 2.55. The largest absolute Gasteiger partial charge is 0.495 e. The predicted octanol–water partition coefficient (Wildman–Crippen LogP) is 1.42. The second kappa shape index (κ2) is 8.86. The van der Waals surface area contributed by atoms with Gasteiger partial charge in [0.2, 0.25) is 5.91 Å². The lowest BCUT2D eigenvalue weighted by molar-refractivity contribution is -0.117. The Morgan fingerprint density at radius 3 is 2.61 bits per heavy atom. The zero-order valence-electron chi connectivity index (χ0n) is 14.3. The second-order valence-corrected chi connectivity index (χ2v) is 5.91. The quantitative estimate of drug-likeness (QED) is 0.823. The van der Waals surface area contributed by atoms with Crippen LogP contribution in [0.25, 0.3) is 0 Å². The number of amides is 1. The summed E-state index contributed by atoms with van der Waals surface area (Å²) in [6.45, 7) is 5.62. The topological polar surface area (TPSA) is 54.0 Å². The zero-order chi connectivity index (χ0) is 16.7. The summed E-state index contributed by atoms with van der Waals surface area (Å²) in [6, 6.07) is 5.97. The molecular formula is C17H27N3O3. The third kappa shape index (κ3) is 5.49. The molecule has 1 aromatic carbocycles. The summed E-state index contributed by atoms with van der Waals surface area (Å²) in [5, 5.41) is 2.91. The molecule has 6 nitrogen and oxygen atoms in total. The maximum atomic E-state index is 11.9. The van der Waals surface area contributed by atoms with Gasteiger partial charge in [0.25, 0.3) is 0 Å². The van der Waals surface area contributed by atoms with E-state index in [1.165, 1.54) is 5.56 Å². The van der Waals surface area contributed by atoms with Crippen molar-refractivity contribution in [1.29, 1.82) is 0 Å². The third-order valence-corrected chi connectivity index (χ3v) is 4.07. The normalized spacial score (nSPS) is 16.3. The predicted molar refractivity (Wildman–Crippen MR) is 90.9 cm³/mol. The molecule has 2 rings (SSSR count). The Balaban J connectivity index is 2.01. The van der Waals surface area contributed by atoms with Gasteiger partial charge in [0.15, 0.2) is 0 Å². The van der Waals surface area contributed by atoms with Gasteiger partial charge in [-0.15, -0.1) is 0 Å². The molecule has 1 aromatic rings. The van der Waals surface area contributed by atoms with Gasteiger partial charge < -0.3 is 19.7 Å². The molecule has 1 aliphatic heterocycles. The van der Waals surface area contributed by atoms with Gasteiger partial charge in [-0.1, -0.05) is 6.07 Å². The van der Waals surface area contributed by atoms with Crippen molar-refractivity contribution in [2.24, 2.45) is 0 Å². The molecule has 0 atom stereocenters. The molecule has 0 bridgehead atoms. The Kier molecular flexibility index (Phi) is 6.83. The fourth-order valence-electron chi connectivity index (χ4n) is 2.62. The number of nitrogens with zero attached hydrogens (tertiary/aromatic N) is 2. The number of nitrogens with one attached hydrogen (secondary N) is 1. The highest BCUT2D eigenvalue weighted by molar-refractivity contribution is 5.92. The first-order valence-corrected chi connectivity index (χ1v) is 7.99. The molecule has 0 radical (unpaired) electrons. The summed E-state index contributed by atoms with van der Waals surface area (Å²) >= 11 is 0. The molecule has 0 unspecified atom stereocenters. The number of piperazine rings is 1. The lowest BCUT2D eigenvalue weighted by Crippen LogP contribution is -2.43. The van der Waals surface area contributed by atoms with Gasteiger partial charge in [-0.05, 0) is 24.7 Å². The van der Waals surface area contributed by atoms with E-state index >= 15 is 0 Å². The number of rotatable bonds is 7. The van der Waals surface area contributed by atoms with Crippen molar-refractivity contribution in [2.45, 2.75) is 13.0 Å². The van der Waals surface area contributed by atoms with Gasteiger partial charge >= 0.3 is 0 Å². The fraction of sp³-hybridized carbons (Fsp3) is 0.588. The van der Waals surface area contributed by atoms with Gasteiger partial charge in [-0.25, -0.2) is 0 Å². The van der Waals surface area contributed by atoms with Gasteiger partial charge in [0.05, 0.1) is 25.8 Å². The zero-order valence-corrected chi connectivity index (χ0v) is 14.3. The van der Waals surface area contributed by atoms with Crippen LogP contribution in [0, 0.1) is 0 Å². The van der Waals surface area contributed by atoms with E-state index in [1.807, 2.05) is 12.1 Å². The number of carbonyl (C=O) groups is 1. The highest BCUT2D eigenvalue weighted by Gasteiger charge is 2.15. The maximum Gasteiger partial charge on any atom is 0.226 e. The summed E-state index contributed by atoms with van der Waals surface area (Å²) in [5.74, 6) is 0.611. The minimum atomic E-state index is -0.0677. The first kappa shape index (κ1) is 17.7. The van der Waals surface area contributed by atoms with E-state index in [0.717, 1.165) is 38.4 Å². The van der Waals surface area contributed by atoms with E-state index in [1.54, 1.807) is 14.2 Å². The molecule has 0 aromatic heterocycles. The van der Waals surface area contributed by atoms with Crippen LogP contribution in [-0.2, 0) is 16.1 Å². The van der Waals surface area contributed by atoms with Crippen LogP contribution < -0.4 is 10.1 Å². The van der Waals surface area contributed by atoms with Gasteiger partial charge in [0, 0.05) is 39.8 Å². The standard InChI is InChI=1S/C17H27N3O3/c1-19-7-9-20(10-8-19)13-14-4-5-16(23-3)15(12-14)18-17(21)6-11-22-2/h4-5,12H,6-11,13H2,1-3H3,(H,18,21). The Morgan fingerprint density at radius 1 is 1.22 bits per heavy atom. The third-order valence-electron chi connectivity index (χ3n) is 4.07. The molecule has 1 N–H and O–H groups in total. The molecule has 1 amide bonds. The maximum absolute atomic E-state index is 11.9. The minimum Gasteiger partial charge on any atom is -0.495 e. The van der Waals surface area contributed by atoms with Crippen molar-refractivity contribution in [3.05, 3.63) is 23.8 Å². The van der Waals surface area contributed by atoms with Crippen molar-refractivity contribution in [2.75, 3.05) is 59.4 Å². The summed E-state index contributed by atoms with van der Waals surface area (Å²) in [5.41, 5.74) is 1.90. The van der Waals surface area contributed by atoms with E-state index in [2.05, 4.69) is 28.2 Å². The Hall–Kier alpha value is -1.63. The van der Waals surface area contributed by atoms with Crippen molar-refractivity contribution >= 4 is 11.6 Å². The van der Waals surface area contributed by atoms with Crippen molar-refractivity contribution < 1.29 is 14.3 Å². The molecule has 0 spiro atoms. The Bertz CT molecular complexity index is 514. The first-order chi connectivity index (χ1) is 11.1. The molecule has 6 heteroatoms. The fourth-order valence-corrected chi connectivity index (χ4v) is 2.62. The number of benzene rings is 1. The minimum absolute atomic E-state index is 0.0677. The SMILES string of the molecule is COCCC(=O)Nc1cc(CN2CCN(C)CC2)ccc1OC. The van der Waals surface area contributed by atoms with Crippen LogP contribution in [-0.4, -0.2) is 69.8 Å². The number of carbonyl (C=O) groups excluding carboxylic acids is 1. The molecule has 1 heterocycles. The second-order valence-electron chi connectivity index (χ2n) is 5.91. The van der Waals surface area contributed by atoms with E-state index in [-0.39, 0.29) is 5.91 Å². The Morgan fingerprint density at radius 2 is 1.96 bits per heavy atom. The van der Waals surface area contributed by atoms with Crippen LogP contribution in [0.2, 0.25) is 0 Å². The summed E-state index contributed by atoms with van der Waals surface area (Å²) < 4.78 is 10.3. The lowest BCUT2D eigenvalue weighted by atomic mass is 10.1. The highest BCUT2D eigenvalue weighted by atomic mass is 16.5. The number of anilines is 1. The molecule has 1 fully saturated rings. The average molecular weight is 321 g/mol. The van der Waals surface area contributed by atoms with Crippen molar-refractivity contribution in [1.82, 2.24) is 9.80 Å².